The molecule has 1 aromatic carbocycles. The van der Waals surface area contributed by atoms with Gasteiger partial charge in [0.05, 0.1) is 7.11 Å². The number of amides is 4. The fourth-order valence-electron chi connectivity index (χ4n) is 3.40. The first-order valence-corrected chi connectivity index (χ1v) is 8.04. The molecule has 1 aliphatic heterocycles. The van der Waals surface area contributed by atoms with Crippen LogP contribution in [0.25, 0.3) is 0 Å². The number of hydrogen-bond donors (Lipinski definition) is 2. The number of hydrogen-bond acceptors (Lipinski definition) is 5. The molecule has 132 valence electrons. The number of fused-ring (bicyclic) bond motifs is 2. The van der Waals surface area contributed by atoms with E-state index < -0.39 is 35.9 Å². The maximum absolute atomic E-state index is 13.0. The lowest BCUT2D eigenvalue weighted by molar-refractivity contribution is -0.141. The van der Waals surface area contributed by atoms with Gasteiger partial charge in [-0.2, -0.15) is 0 Å². The third-order valence-corrected chi connectivity index (χ3v) is 4.61. The van der Waals surface area contributed by atoms with Crippen molar-refractivity contribution in [2.24, 2.45) is 0 Å². The van der Waals surface area contributed by atoms with Crippen molar-refractivity contribution in [3.8, 4) is 0 Å². The first-order chi connectivity index (χ1) is 12.0. The van der Waals surface area contributed by atoms with Crippen LogP contribution >= 0.6 is 0 Å². The zero-order chi connectivity index (χ0) is 18.0. The summed E-state index contributed by atoms with van der Waals surface area (Å²) in [6, 6.07) is 6.92. The number of benzene rings is 1. The van der Waals surface area contributed by atoms with Crippen molar-refractivity contribution in [1.29, 1.82) is 0 Å². The second-order valence-electron chi connectivity index (χ2n) is 6.09. The van der Waals surface area contributed by atoms with Crippen LogP contribution in [0, 0.1) is 0 Å². The Labute approximate surface area is 144 Å². The zero-order valence-electron chi connectivity index (χ0n) is 13.8. The van der Waals surface area contributed by atoms with Gasteiger partial charge >= 0.3 is 12.0 Å². The lowest BCUT2D eigenvalue weighted by Crippen LogP contribution is -2.47. The van der Waals surface area contributed by atoms with Gasteiger partial charge in [-0.15, -0.1) is 0 Å². The molecule has 25 heavy (non-hydrogen) atoms. The number of imide groups is 1. The molecule has 8 nitrogen and oxygen atoms in total. The molecule has 4 amide bonds. The standard InChI is InChI=1S/C17H19N3O5/c1-25-14(22)9-18-13(21)10-20-15(23)17(19-16(20)24)8-4-6-11-5-2-3-7-12(11)17/h2-3,5,7H,4,6,8-10H2,1H3,(H,18,21)(H,19,24)/t17-/m0/s1. The second-order valence-corrected chi connectivity index (χ2v) is 6.09. The summed E-state index contributed by atoms with van der Waals surface area (Å²) in [5.41, 5.74) is 0.714. The lowest BCUT2D eigenvalue weighted by atomic mass is 9.76. The zero-order valence-corrected chi connectivity index (χ0v) is 13.8. The summed E-state index contributed by atoms with van der Waals surface area (Å²) >= 11 is 0. The highest BCUT2D eigenvalue weighted by atomic mass is 16.5. The first kappa shape index (κ1) is 16.9. The number of nitrogens with one attached hydrogen (secondary N) is 2. The van der Waals surface area contributed by atoms with Crippen molar-refractivity contribution in [1.82, 2.24) is 15.5 Å². The number of rotatable bonds is 4. The van der Waals surface area contributed by atoms with E-state index in [4.69, 9.17) is 0 Å². The Morgan fingerprint density at radius 2 is 2.08 bits per heavy atom. The van der Waals surface area contributed by atoms with E-state index in [1.54, 1.807) is 0 Å². The highest BCUT2D eigenvalue weighted by Crippen LogP contribution is 2.39. The lowest BCUT2D eigenvalue weighted by Gasteiger charge is -2.33. The van der Waals surface area contributed by atoms with Crippen LogP contribution in [0.1, 0.15) is 24.0 Å². The summed E-state index contributed by atoms with van der Waals surface area (Å²) in [6.07, 6.45) is 2.11. The largest absolute Gasteiger partial charge is 0.468 e. The summed E-state index contributed by atoms with van der Waals surface area (Å²) in [5.74, 6) is -1.64. The third kappa shape index (κ3) is 2.95. The van der Waals surface area contributed by atoms with Crippen molar-refractivity contribution in [2.45, 2.75) is 24.8 Å². The average Bonchev–Trinajstić information content (AvgIpc) is 2.85. The smallest absolute Gasteiger partial charge is 0.325 e. The Balaban J connectivity index is 1.77. The van der Waals surface area contributed by atoms with Crippen LogP contribution in [0.3, 0.4) is 0 Å². The Bertz CT molecular complexity index is 748. The van der Waals surface area contributed by atoms with E-state index in [0.717, 1.165) is 28.9 Å². The number of ether oxygens (including phenoxy) is 1. The Kier molecular flexibility index (Phi) is 4.43. The quantitative estimate of drug-likeness (QED) is 0.593. The van der Waals surface area contributed by atoms with E-state index in [1.165, 1.54) is 7.11 Å². The second kappa shape index (κ2) is 6.54. The molecule has 8 heteroatoms. The molecule has 2 N–H and O–H groups in total. The van der Waals surface area contributed by atoms with Gasteiger partial charge in [-0.25, -0.2) is 4.79 Å². The molecule has 3 rings (SSSR count). The van der Waals surface area contributed by atoms with E-state index in [2.05, 4.69) is 15.4 Å². The number of esters is 1. The molecule has 1 aliphatic carbocycles. The van der Waals surface area contributed by atoms with E-state index in [-0.39, 0.29) is 6.54 Å². The molecule has 0 saturated carbocycles. The molecular formula is C17H19N3O5. The molecule has 1 heterocycles. The van der Waals surface area contributed by atoms with Crippen LogP contribution in [0.4, 0.5) is 4.79 Å². The van der Waals surface area contributed by atoms with E-state index in [0.29, 0.717) is 6.42 Å². The number of carbonyl (C=O) groups excluding carboxylic acids is 4. The number of methoxy groups -OCH3 is 1. The predicted octanol–water partition coefficient (Wildman–Crippen LogP) is 0.0592. The summed E-state index contributed by atoms with van der Waals surface area (Å²) < 4.78 is 4.43. The van der Waals surface area contributed by atoms with Gasteiger partial charge in [0, 0.05) is 0 Å². The van der Waals surface area contributed by atoms with Gasteiger partial charge in [0.2, 0.25) is 5.91 Å². The Morgan fingerprint density at radius 1 is 1.32 bits per heavy atom. The number of urea groups is 1. The third-order valence-electron chi connectivity index (χ3n) is 4.61. The van der Waals surface area contributed by atoms with Gasteiger partial charge in [0.1, 0.15) is 18.6 Å². The average molecular weight is 345 g/mol. The number of carbonyl (C=O) groups is 4. The summed E-state index contributed by atoms with van der Waals surface area (Å²) in [5, 5.41) is 5.10. The topological polar surface area (TPSA) is 105 Å². The predicted molar refractivity (Wildman–Crippen MR) is 86.3 cm³/mol. The van der Waals surface area contributed by atoms with Crippen LogP contribution in [0.5, 0.6) is 0 Å². The van der Waals surface area contributed by atoms with E-state index >= 15 is 0 Å². The number of aryl methyl sites for hydroxylation is 1. The first-order valence-electron chi connectivity index (χ1n) is 8.04. The Hall–Kier alpha value is -2.90. The van der Waals surface area contributed by atoms with Crippen LogP contribution < -0.4 is 10.6 Å². The molecule has 2 aliphatic rings. The van der Waals surface area contributed by atoms with Crippen molar-refractivity contribution in [3.05, 3.63) is 35.4 Å². The summed E-state index contributed by atoms with van der Waals surface area (Å²) in [4.78, 5) is 49.2. The van der Waals surface area contributed by atoms with Crippen molar-refractivity contribution in [2.75, 3.05) is 20.2 Å². The number of nitrogens with zero attached hydrogens (tertiary/aromatic N) is 1. The van der Waals surface area contributed by atoms with Gasteiger partial charge in [-0.05, 0) is 30.4 Å². The van der Waals surface area contributed by atoms with Crippen LogP contribution in [0.15, 0.2) is 24.3 Å². The van der Waals surface area contributed by atoms with Crippen molar-refractivity contribution >= 4 is 23.8 Å². The molecule has 1 atom stereocenters. The molecule has 0 bridgehead atoms. The van der Waals surface area contributed by atoms with Gasteiger partial charge < -0.3 is 15.4 Å². The SMILES string of the molecule is COC(=O)CNC(=O)CN1C(=O)N[C@]2(CCCc3ccccc32)C1=O. The van der Waals surface area contributed by atoms with E-state index in [9.17, 15) is 19.2 Å². The van der Waals surface area contributed by atoms with Crippen LogP contribution in [-0.4, -0.2) is 48.9 Å². The van der Waals surface area contributed by atoms with Crippen LogP contribution in [0.2, 0.25) is 0 Å². The highest BCUT2D eigenvalue weighted by Gasteiger charge is 2.54. The fraction of sp³-hybridized carbons (Fsp3) is 0.412. The fourth-order valence-corrected chi connectivity index (χ4v) is 3.40. The van der Waals surface area contributed by atoms with Gasteiger partial charge in [-0.3, -0.25) is 19.3 Å². The molecular weight excluding hydrogens is 326 g/mol. The molecule has 1 fully saturated rings. The van der Waals surface area contributed by atoms with Crippen molar-refractivity contribution < 1.29 is 23.9 Å². The maximum Gasteiger partial charge on any atom is 0.325 e. The highest BCUT2D eigenvalue weighted by molar-refractivity contribution is 6.09. The molecule has 0 unspecified atom stereocenters. The minimum atomic E-state index is -1.10. The normalized spacial score (nSPS) is 21.7. The monoisotopic (exact) mass is 345 g/mol. The Morgan fingerprint density at radius 3 is 2.84 bits per heavy atom. The summed E-state index contributed by atoms with van der Waals surface area (Å²) in [7, 11) is 1.20. The summed E-state index contributed by atoms with van der Waals surface area (Å²) in [6.45, 7) is -0.751. The molecule has 1 saturated heterocycles. The van der Waals surface area contributed by atoms with Crippen LogP contribution in [-0.2, 0) is 31.1 Å². The molecule has 1 spiro atoms. The molecule has 1 aromatic rings. The van der Waals surface area contributed by atoms with Gasteiger partial charge in [0.25, 0.3) is 5.91 Å². The van der Waals surface area contributed by atoms with Gasteiger partial charge in [-0.1, -0.05) is 24.3 Å². The van der Waals surface area contributed by atoms with Crippen molar-refractivity contribution in [3.63, 3.8) is 0 Å². The molecule has 0 radical (unpaired) electrons. The minimum absolute atomic E-state index is 0.313. The minimum Gasteiger partial charge on any atom is -0.468 e. The van der Waals surface area contributed by atoms with E-state index in [1.807, 2.05) is 24.3 Å². The molecule has 0 aromatic heterocycles. The van der Waals surface area contributed by atoms with Gasteiger partial charge in [0.15, 0.2) is 0 Å². The maximum atomic E-state index is 13.0.